The van der Waals surface area contributed by atoms with E-state index >= 15 is 0 Å². The molecule has 0 aromatic heterocycles. The Balaban J connectivity index is 2.67. The summed E-state index contributed by atoms with van der Waals surface area (Å²) < 4.78 is 0. The summed E-state index contributed by atoms with van der Waals surface area (Å²) >= 11 is 0. The van der Waals surface area contributed by atoms with E-state index in [1.54, 1.807) is 0 Å². The predicted octanol–water partition coefficient (Wildman–Crippen LogP) is 3.45. The molecule has 1 aliphatic rings. The lowest BCUT2D eigenvalue weighted by Gasteiger charge is -2.40. The lowest BCUT2D eigenvalue weighted by molar-refractivity contribution is -0.0179. The van der Waals surface area contributed by atoms with Crippen LogP contribution >= 0.6 is 0 Å². The molecule has 1 aliphatic carbocycles. The number of allylic oxidation sites excluding steroid dienone is 1. The van der Waals surface area contributed by atoms with Gasteiger partial charge in [-0.25, -0.2) is 0 Å². The van der Waals surface area contributed by atoms with Crippen molar-refractivity contribution in [2.75, 3.05) is 0 Å². The quantitative estimate of drug-likeness (QED) is 0.680. The van der Waals surface area contributed by atoms with Crippen LogP contribution in [0.5, 0.6) is 0 Å². The van der Waals surface area contributed by atoms with Crippen LogP contribution in [0, 0.1) is 5.92 Å². The number of rotatable bonds is 4. The van der Waals surface area contributed by atoms with Crippen LogP contribution in [0.4, 0.5) is 0 Å². The van der Waals surface area contributed by atoms with E-state index in [1.807, 2.05) is 13.0 Å². The van der Waals surface area contributed by atoms with Gasteiger partial charge in [0.2, 0.25) is 0 Å². The second kappa shape index (κ2) is 4.79. The van der Waals surface area contributed by atoms with Crippen LogP contribution in [-0.2, 0) is 0 Å². The second-order valence-electron chi connectivity index (χ2n) is 4.51. The molecule has 1 heteroatoms. The van der Waals surface area contributed by atoms with Crippen LogP contribution < -0.4 is 0 Å². The van der Waals surface area contributed by atoms with Crippen molar-refractivity contribution >= 4 is 0 Å². The van der Waals surface area contributed by atoms with Gasteiger partial charge in [0.15, 0.2) is 0 Å². The van der Waals surface area contributed by atoms with E-state index in [0.29, 0.717) is 5.92 Å². The summed E-state index contributed by atoms with van der Waals surface area (Å²) in [5.74, 6) is 0.395. The SMILES string of the molecule is C=CCC[C@H]1CCCC[C@]1(O)C(=C)C. The summed E-state index contributed by atoms with van der Waals surface area (Å²) in [4.78, 5) is 0. The molecule has 1 N–H and O–H groups in total. The third-order valence-electron chi connectivity index (χ3n) is 3.49. The molecule has 0 saturated heterocycles. The first-order chi connectivity index (χ1) is 6.61. The van der Waals surface area contributed by atoms with Crippen molar-refractivity contribution < 1.29 is 5.11 Å². The maximum Gasteiger partial charge on any atom is 0.0879 e. The van der Waals surface area contributed by atoms with Crippen LogP contribution in [0.1, 0.15) is 45.4 Å². The Hall–Kier alpha value is -0.560. The third kappa shape index (κ3) is 2.27. The molecule has 0 bridgehead atoms. The van der Waals surface area contributed by atoms with Gasteiger partial charge >= 0.3 is 0 Å². The van der Waals surface area contributed by atoms with E-state index < -0.39 is 5.60 Å². The highest BCUT2D eigenvalue weighted by Crippen LogP contribution is 2.40. The minimum atomic E-state index is -0.596. The first-order valence-corrected chi connectivity index (χ1v) is 5.60. The fraction of sp³-hybridized carbons (Fsp3) is 0.692. The topological polar surface area (TPSA) is 20.2 Å². The average Bonchev–Trinajstić information content (AvgIpc) is 2.16. The molecule has 0 unspecified atom stereocenters. The summed E-state index contributed by atoms with van der Waals surface area (Å²) in [7, 11) is 0. The van der Waals surface area contributed by atoms with E-state index in [0.717, 1.165) is 37.7 Å². The van der Waals surface area contributed by atoms with Gasteiger partial charge in [-0.1, -0.05) is 25.5 Å². The third-order valence-corrected chi connectivity index (χ3v) is 3.49. The Labute approximate surface area is 87.5 Å². The molecule has 0 amide bonds. The fourth-order valence-electron chi connectivity index (χ4n) is 2.49. The van der Waals surface area contributed by atoms with Gasteiger partial charge in [0.1, 0.15) is 0 Å². The Morgan fingerprint density at radius 2 is 2.29 bits per heavy atom. The molecule has 0 spiro atoms. The molecule has 0 heterocycles. The Morgan fingerprint density at radius 1 is 1.57 bits per heavy atom. The minimum absolute atomic E-state index is 0.395. The molecule has 0 aromatic carbocycles. The maximum atomic E-state index is 10.5. The maximum absolute atomic E-state index is 10.5. The Morgan fingerprint density at radius 3 is 2.86 bits per heavy atom. The van der Waals surface area contributed by atoms with Crippen molar-refractivity contribution in [2.24, 2.45) is 5.92 Å². The average molecular weight is 194 g/mol. The van der Waals surface area contributed by atoms with Crippen molar-refractivity contribution in [1.82, 2.24) is 0 Å². The standard InChI is InChI=1S/C13H22O/c1-4-5-8-12-9-6-7-10-13(12,14)11(2)3/h4,12,14H,1-2,5-10H2,3H3/t12-,13-/m0/s1. The zero-order chi connectivity index (χ0) is 10.6. The normalized spacial score (nSPS) is 32.6. The van der Waals surface area contributed by atoms with Crippen molar-refractivity contribution in [3.63, 3.8) is 0 Å². The molecule has 1 saturated carbocycles. The molecule has 0 aromatic rings. The van der Waals surface area contributed by atoms with Crippen molar-refractivity contribution in [2.45, 2.75) is 51.0 Å². The van der Waals surface area contributed by atoms with Crippen molar-refractivity contribution in [3.05, 3.63) is 24.8 Å². The monoisotopic (exact) mass is 194 g/mol. The number of hydrogen-bond donors (Lipinski definition) is 1. The second-order valence-corrected chi connectivity index (χ2v) is 4.51. The molecule has 1 rings (SSSR count). The summed E-state index contributed by atoms with van der Waals surface area (Å²) in [5, 5.41) is 10.5. The van der Waals surface area contributed by atoms with E-state index in [9.17, 15) is 5.11 Å². The molecule has 0 radical (unpaired) electrons. The summed E-state index contributed by atoms with van der Waals surface area (Å²) in [6, 6.07) is 0. The number of hydrogen-bond acceptors (Lipinski definition) is 1. The molecule has 0 aliphatic heterocycles. The largest absolute Gasteiger partial charge is 0.385 e. The molecule has 80 valence electrons. The van der Waals surface area contributed by atoms with Gasteiger partial charge in [-0.3, -0.25) is 0 Å². The van der Waals surface area contributed by atoms with Crippen LogP contribution in [0.2, 0.25) is 0 Å². The van der Waals surface area contributed by atoms with Crippen LogP contribution in [-0.4, -0.2) is 10.7 Å². The van der Waals surface area contributed by atoms with E-state index in [1.165, 1.54) is 6.42 Å². The zero-order valence-electron chi connectivity index (χ0n) is 9.26. The highest BCUT2D eigenvalue weighted by atomic mass is 16.3. The Kier molecular flexibility index (Phi) is 3.94. The van der Waals surface area contributed by atoms with E-state index in [4.69, 9.17) is 0 Å². The smallest absolute Gasteiger partial charge is 0.0879 e. The van der Waals surface area contributed by atoms with Gasteiger partial charge < -0.3 is 5.11 Å². The van der Waals surface area contributed by atoms with Crippen LogP contribution in [0.3, 0.4) is 0 Å². The van der Waals surface area contributed by atoms with Crippen LogP contribution in [0.25, 0.3) is 0 Å². The lowest BCUT2D eigenvalue weighted by Crippen LogP contribution is -2.41. The van der Waals surface area contributed by atoms with Crippen molar-refractivity contribution in [1.29, 1.82) is 0 Å². The van der Waals surface area contributed by atoms with Crippen molar-refractivity contribution in [3.8, 4) is 0 Å². The highest BCUT2D eigenvalue weighted by Gasteiger charge is 2.38. The Bertz CT molecular complexity index is 219. The molecule has 1 nitrogen and oxygen atoms in total. The van der Waals surface area contributed by atoms with Crippen LogP contribution in [0.15, 0.2) is 24.8 Å². The zero-order valence-corrected chi connectivity index (χ0v) is 9.26. The van der Waals surface area contributed by atoms with Gasteiger partial charge in [0.25, 0.3) is 0 Å². The lowest BCUT2D eigenvalue weighted by atomic mass is 9.70. The van der Waals surface area contributed by atoms with E-state index in [2.05, 4.69) is 13.2 Å². The van der Waals surface area contributed by atoms with Gasteiger partial charge in [-0.2, -0.15) is 0 Å². The summed E-state index contributed by atoms with van der Waals surface area (Å²) in [6.45, 7) is 9.62. The molecule has 14 heavy (non-hydrogen) atoms. The van der Waals surface area contributed by atoms with Gasteiger partial charge in [-0.05, 0) is 44.1 Å². The molecule has 2 atom stereocenters. The summed E-state index contributed by atoms with van der Waals surface area (Å²) in [6.07, 6.45) is 8.40. The minimum Gasteiger partial charge on any atom is -0.385 e. The summed E-state index contributed by atoms with van der Waals surface area (Å²) in [5.41, 5.74) is 0.340. The van der Waals surface area contributed by atoms with Gasteiger partial charge in [-0.15, -0.1) is 6.58 Å². The van der Waals surface area contributed by atoms with Gasteiger partial charge in [0.05, 0.1) is 5.60 Å². The first-order valence-electron chi connectivity index (χ1n) is 5.60. The fourth-order valence-corrected chi connectivity index (χ4v) is 2.49. The molecular formula is C13H22O. The van der Waals surface area contributed by atoms with E-state index in [-0.39, 0.29) is 0 Å². The molecule has 1 fully saturated rings. The first kappa shape index (κ1) is 11.5. The number of aliphatic hydroxyl groups is 1. The highest BCUT2D eigenvalue weighted by molar-refractivity contribution is 5.13. The van der Waals surface area contributed by atoms with Gasteiger partial charge in [0, 0.05) is 0 Å². The predicted molar refractivity (Wildman–Crippen MR) is 61.2 cm³/mol. The molecular weight excluding hydrogens is 172 g/mol.